The van der Waals surface area contributed by atoms with Crippen LogP contribution in [0, 0.1) is 18.2 Å². The second kappa shape index (κ2) is 2.88. The molecule has 64 valence electrons. The molecule has 1 heterocycles. The van der Waals surface area contributed by atoms with Crippen molar-refractivity contribution in [1.29, 1.82) is 0 Å². The molecule has 0 saturated carbocycles. The van der Waals surface area contributed by atoms with Gasteiger partial charge in [0.1, 0.15) is 11.9 Å². The monoisotopic (exact) mass is 176 g/mol. The zero-order valence-electron chi connectivity index (χ0n) is 6.70. The van der Waals surface area contributed by atoms with Crippen LogP contribution in [0.4, 0.5) is 4.39 Å². The van der Waals surface area contributed by atoms with Gasteiger partial charge in [-0.25, -0.2) is 4.39 Å². The van der Waals surface area contributed by atoms with E-state index in [1.807, 2.05) is 0 Å². The lowest BCUT2D eigenvalue weighted by molar-refractivity contribution is 0.241. The van der Waals surface area contributed by atoms with Crippen molar-refractivity contribution in [2.45, 2.75) is 6.10 Å². The lowest BCUT2D eigenvalue weighted by Crippen LogP contribution is -2.27. The SMILES string of the molecule is C#CC1OB(O)c2ccc(F)cc21. The summed E-state index contributed by atoms with van der Waals surface area (Å²) >= 11 is 0. The second-order valence-electron chi connectivity index (χ2n) is 2.81. The molecular formula is C9H6BFO2. The fraction of sp³-hybridized carbons (Fsp3) is 0.111. The van der Waals surface area contributed by atoms with E-state index in [-0.39, 0.29) is 5.82 Å². The van der Waals surface area contributed by atoms with Crippen molar-refractivity contribution in [3.63, 3.8) is 0 Å². The van der Waals surface area contributed by atoms with Gasteiger partial charge >= 0.3 is 7.12 Å². The molecule has 1 unspecified atom stereocenters. The number of terminal acetylenes is 1. The Balaban J connectivity index is 2.54. The molecule has 1 aliphatic rings. The third-order valence-corrected chi connectivity index (χ3v) is 2.01. The third-order valence-electron chi connectivity index (χ3n) is 2.01. The maximum absolute atomic E-state index is 12.8. The molecule has 0 bridgehead atoms. The van der Waals surface area contributed by atoms with Crippen molar-refractivity contribution in [1.82, 2.24) is 0 Å². The van der Waals surface area contributed by atoms with Gasteiger partial charge in [-0.2, -0.15) is 0 Å². The van der Waals surface area contributed by atoms with Crippen LogP contribution in [0.5, 0.6) is 0 Å². The van der Waals surface area contributed by atoms with Crippen molar-refractivity contribution < 1.29 is 14.1 Å². The van der Waals surface area contributed by atoms with E-state index < -0.39 is 13.2 Å². The smallest absolute Gasteiger partial charge is 0.423 e. The van der Waals surface area contributed by atoms with Gasteiger partial charge in [-0.1, -0.05) is 12.0 Å². The van der Waals surface area contributed by atoms with Crippen LogP contribution in [0.2, 0.25) is 0 Å². The maximum Gasteiger partial charge on any atom is 0.492 e. The lowest BCUT2D eigenvalue weighted by atomic mass is 9.79. The van der Waals surface area contributed by atoms with Crippen molar-refractivity contribution >= 4 is 12.6 Å². The largest absolute Gasteiger partial charge is 0.492 e. The van der Waals surface area contributed by atoms with Gasteiger partial charge in [-0.15, -0.1) is 6.42 Å². The Labute approximate surface area is 75.5 Å². The predicted octanol–water partition coefficient (Wildman–Crippen LogP) is 0.218. The summed E-state index contributed by atoms with van der Waals surface area (Å²) in [5.41, 5.74) is 1.08. The van der Waals surface area contributed by atoms with Gasteiger partial charge in [0.15, 0.2) is 0 Å². The summed E-state index contributed by atoms with van der Waals surface area (Å²) in [7, 11) is -1.03. The number of rotatable bonds is 0. The molecule has 2 nitrogen and oxygen atoms in total. The molecule has 0 amide bonds. The van der Waals surface area contributed by atoms with E-state index in [0.717, 1.165) is 0 Å². The minimum atomic E-state index is -1.03. The van der Waals surface area contributed by atoms with Crippen LogP contribution in [-0.4, -0.2) is 12.1 Å². The molecular weight excluding hydrogens is 170 g/mol. The average molecular weight is 176 g/mol. The molecule has 0 saturated heterocycles. The highest BCUT2D eigenvalue weighted by atomic mass is 19.1. The Morgan fingerprint density at radius 1 is 1.62 bits per heavy atom. The van der Waals surface area contributed by atoms with E-state index in [9.17, 15) is 9.41 Å². The Kier molecular flexibility index (Phi) is 1.84. The summed E-state index contributed by atoms with van der Waals surface area (Å²) < 4.78 is 17.8. The average Bonchev–Trinajstić information content (AvgIpc) is 2.42. The molecule has 1 aliphatic heterocycles. The molecule has 0 fully saturated rings. The molecule has 1 aromatic rings. The lowest BCUT2D eigenvalue weighted by Gasteiger charge is -2.02. The van der Waals surface area contributed by atoms with E-state index in [2.05, 4.69) is 5.92 Å². The predicted molar refractivity (Wildman–Crippen MR) is 46.7 cm³/mol. The quantitative estimate of drug-likeness (QED) is 0.452. The molecule has 0 aliphatic carbocycles. The molecule has 2 rings (SSSR count). The Morgan fingerprint density at radius 2 is 2.38 bits per heavy atom. The molecule has 4 heteroatoms. The standard InChI is InChI=1S/C9H6BFO2/c1-2-9-7-5-6(11)3-4-8(7)10(12)13-9/h1,3-5,9,12H. The van der Waals surface area contributed by atoms with Gasteiger partial charge in [0.2, 0.25) is 0 Å². The van der Waals surface area contributed by atoms with E-state index >= 15 is 0 Å². The number of halogens is 1. The van der Waals surface area contributed by atoms with Crippen molar-refractivity contribution in [3.05, 3.63) is 29.6 Å². The fourth-order valence-electron chi connectivity index (χ4n) is 1.40. The van der Waals surface area contributed by atoms with Crippen LogP contribution in [-0.2, 0) is 4.65 Å². The van der Waals surface area contributed by atoms with Gasteiger partial charge < -0.3 is 9.68 Å². The molecule has 0 aromatic heterocycles. The number of hydrogen-bond acceptors (Lipinski definition) is 2. The van der Waals surface area contributed by atoms with E-state index in [1.165, 1.54) is 18.2 Å². The number of benzene rings is 1. The van der Waals surface area contributed by atoms with Gasteiger partial charge in [0.05, 0.1) is 0 Å². The first kappa shape index (κ1) is 8.30. The van der Waals surface area contributed by atoms with Crippen molar-refractivity contribution in [2.24, 2.45) is 0 Å². The molecule has 1 aromatic carbocycles. The molecule has 0 spiro atoms. The van der Waals surface area contributed by atoms with Crippen LogP contribution in [0.3, 0.4) is 0 Å². The summed E-state index contributed by atoms with van der Waals surface area (Å²) in [6.07, 6.45) is 4.51. The normalized spacial score (nSPS) is 19.8. The Hall–Kier alpha value is -1.31. The first-order valence-electron chi connectivity index (χ1n) is 3.81. The first-order chi connectivity index (χ1) is 6.22. The van der Waals surface area contributed by atoms with Crippen LogP contribution in [0.1, 0.15) is 11.7 Å². The third kappa shape index (κ3) is 1.22. The molecule has 0 radical (unpaired) electrons. The zero-order valence-corrected chi connectivity index (χ0v) is 6.70. The maximum atomic E-state index is 12.8. The minimum Gasteiger partial charge on any atom is -0.423 e. The Morgan fingerprint density at radius 3 is 3.08 bits per heavy atom. The van der Waals surface area contributed by atoms with E-state index in [0.29, 0.717) is 11.0 Å². The summed E-state index contributed by atoms with van der Waals surface area (Å²) in [4.78, 5) is 0. The molecule has 1 atom stereocenters. The van der Waals surface area contributed by atoms with Gasteiger partial charge in [-0.3, -0.25) is 0 Å². The Bertz CT molecular complexity index is 386. The highest BCUT2D eigenvalue weighted by Crippen LogP contribution is 2.22. The van der Waals surface area contributed by atoms with Crippen LogP contribution >= 0.6 is 0 Å². The zero-order chi connectivity index (χ0) is 9.42. The van der Waals surface area contributed by atoms with Crippen LogP contribution in [0.25, 0.3) is 0 Å². The van der Waals surface area contributed by atoms with Gasteiger partial charge in [0.25, 0.3) is 0 Å². The number of hydrogen-bond donors (Lipinski definition) is 1. The molecule has 1 N–H and O–H groups in total. The summed E-state index contributed by atoms with van der Waals surface area (Å²) in [5.74, 6) is 1.95. The summed E-state index contributed by atoms with van der Waals surface area (Å²) in [6, 6.07) is 4.03. The molecule has 13 heavy (non-hydrogen) atoms. The van der Waals surface area contributed by atoms with Gasteiger partial charge in [0, 0.05) is 0 Å². The van der Waals surface area contributed by atoms with Crippen LogP contribution < -0.4 is 5.46 Å². The van der Waals surface area contributed by atoms with Crippen LogP contribution in [0.15, 0.2) is 18.2 Å². The highest BCUT2D eigenvalue weighted by molar-refractivity contribution is 6.61. The fourth-order valence-corrected chi connectivity index (χ4v) is 1.40. The van der Waals surface area contributed by atoms with Crippen molar-refractivity contribution in [3.8, 4) is 12.3 Å². The minimum absolute atomic E-state index is 0.378. The van der Waals surface area contributed by atoms with E-state index in [1.54, 1.807) is 0 Å². The topological polar surface area (TPSA) is 29.5 Å². The second-order valence-corrected chi connectivity index (χ2v) is 2.81. The summed E-state index contributed by atoms with van der Waals surface area (Å²) in [5, 5.41) is 9.33. The van der Waals surface area contributed by atoms with Gasteiger partial charge in [-0.05, 0) is 23.2 Å². The highest BCUT2D eigenvalue weighted by Gasteiger charge is 2.34. The number of fused-ring (bicyclic) bond motifs is 1. The van der Waals surface area contributed by atoms with Crippen molar-refractivity contribution in [2.75, 3.05) is 0 Å². The summed E-state index contributed by atoms with van der Waals surface area (Å²) in [6.45, 7) is 0. The van der Waals surface area contributed by atoms with E-state index in [4.69, 9.17) is 11.1 Å². The first-order valence-corrected chi connectivity index (χ1v) is 3.81.